The second kappa shape index (κ2) is 5.63. The SMILES string of the molecule is CCOc1ncccc1NC(=O)CC(C)(C)N. The van der Waals surface area contributed by atoms with Crippen LogP contribution in [-0.4, -0.2) is 23.0 Å². The lowest BCUT2D eigenvalue weighted by Gasteiger charge is -2.18. The molecule has 3 N–H and O–H groups in total. The molecule has 0 saturated heterocycles. The van der Waals surface area contributed by atoms with Crippen molar-refractivity contribution in [3.63, 3.8) is 0 Å². The van der Waals surface area contributed by atoms with Crippen LogP contribution in [0.1, 0.15) is 27.2 Å². The molecule has 5 heteroatoms. The number of rotatable bonds is 5. The Hall–Kier alpha value is -1.62. The van der Waals surface area contributed by atoms with Gasteiger partial charge in [-0.2, -0.15) is 0 Å². The number of nitrogens with one attached hydrogen (secondary N) is 1. The van der Waals surface area contributed by atoms with Crippen LogP contribution in [0.3, 0.4) is 0 Å². The molecule has 0 radical (unpaired) electrons. The smallest absolute Gasteiger partial charge is 0.237 e. The van der Waals surface area contributed by atoms with Gasteiger partial charge in [0.05, 0.1) is 6.61 Å². The number of pyridine rings is 1. The molecule has 1 aromatic rings. The Morgan fingerprint density at radius 2 is 2.29 bits per heavy atom. The van der Waals surface area contributed by atoms with E-state index >= 15 is 0 Å². The fourth-order valence-corrected chi connectivity index (χ4v) is 1.35. The Balaban J connectivity index is 2.71. The molecule has 0 atom stereocenters. The number of nitrogens with zero attached hydrogens (tertiary/aromatic N) is 1. The fraction of sp³-hybridized carbons (Fsp3) is 0.500. The van der Waals surface area contributed by atoms with Crippen LogP contribution in [0.15, 0.2) is 18.3 Å². The Labute approximate surface area is 101 Å². The van der Waals surface area contributed by atoms with Crippen molar-refractivity contribution in [2.24, 2.45) is 5.73 Å². The number of carbonyl (C=O) groups excluding carboxylic acids is 1. The normalized spacial score (nSPS) is 11.1. The van der Waals surface area contributed by atoms with Gasteiger partial charge in [-0.25, -0.2) is 4.98 Å². The predicted octanol–water partition coefficient (Wildman–Crippen LogP) is 1.55. The summed E-state index contributed by atoms with van der Waals surface area (Å²) in [4.78, 5) is 15.8. The van der Waals surface area contributed by atoms with Crippen LogP contribution in [0.25, 0.3) is 0 Å². The second-order valence-corrected chi connectivity index (χ2v) is 4.50. The first-order chi connectivity index (χ1) is 7.92. The minimum Gasteiger partial charge on any atom is -0.476 e. The van der Waals surface area contributed by atoms with Crippen LogP contribution in [0.2, 0.25) is 0 Å². The summed E-state index contributed by atoms with van der Waals surface area (Å²) in [6.45, 7) is 5.98. The number of carbonyl (C=O) groups is 1. The van der Waals surface area contributed by atoms with Crippen molar-refractivity contribution in [3.05, 3.63) is 18.3 Å². The van der Waals surface area contributed by atoms with Gasteiger partial charge in [0.15, 0.2) is 0 Å². The van der Waals surface area contributed by atoms with Gasteiger partial charge < -0.3 is 15.8 Å². The summed E-state index contributed by atoms with van der Waals surface area (Å²) in [5.74, 6) is 0.282. The number of anilines is 1. The molecule has 1 amide bonds. The molecule has 5 nitrogen and oxygen atoms in total. The number of hydrogen-bond acceptors (Lipinski definition) is 4. The minimum atomic E-state index is -0.530. The third-order valence-electron chi connectivity index (χ3n) is 1.94. The zero-order valence-electron chi connectivity index (χ0n) is 10.5. The first kappa shape index (κ1) is 13.4. The van der Waals surface area contributed by atoms with E-state index in [0.717, 1.165) is 0 Å². The van der Waals surface area contributed by atoms with Crippen LogP contribution in [0, 0.1) is 0 Å². The first-order valence-corrected chi connectivity index (χ1v) is 5.59. The Kier molecular flexibility index (Phi) is 4.45. The van der Waals surface area contributed by atoms with E-state index in [1.165, 1.54) is 0 Å². The van der Waals surface area contributed by atoms with Gasteiger partial charge in [-0.3, -0.25) is 4.79 Å². The quantitative estimate of drug-likeness (QED) is 0.814. The molecule has 0 spiro atoms. The van der Waals surface area contributed by atoms with E-state index in [1.807, 2.05) is 6.92 Å². The topological polar surface area (TPSA) is 77.2 Å². The van der Waals surface area contributed by atoms with Crippen molar-refractivity contribution < 1.29 is 9.53 Å². The summed E-state index contributed by atoms with van der Waals surface area (Å²) in [5, 5.41) is 2.75. The van der Waals surface area contributed by atoms with Gasteiger partial charge in [0.2, 0.25) is 11.8 Å². The number of hydrogen-bond donors (Lipinski definition) is 2. The Bertz CT molecular complexity index is 386. The Morgan fingerprint density at radius 1 is 1.59 bits per heavy atom. The minimum absolute atomic E-state index is 0.147. The van der Waals surface area contributed by atoms with Crippen LogP contribution in [0.4, 0.5) is 5.69 Å². The van der Waals surface area contributed by atoms with Crippen LogP contribution < -0.4 is 15.8 Å². The van der Waals surface area contributed by atoms with Gasteiger partial charge >= 0.3 is 0 Å². The van der Waals surface area contributed by atoms with E-state index in [1.54, 1.807) is 32.2 Å². The molecule has 0 aliphatic carbocycles. The standard InChI is InChI=1S/C12H19N3O2/c1-4-17-11-9(6-5-7-14-11)15-10(16)8-12(2,3)13/h5-7H,4,8,13H2,1-3H3,(H,15,16). The van der Waals surface area contributed by atoms with Crippen molar-refractivity contribution >= 4 is 11.6 Å². The monoisotopic (exact) mass is 237 g/mol. The summed E-state index contributed by atoms with van der Waals surface area (Å²) in [6.07, 6.45) is 1.86. The summed E-state index contributed by atoms with van der Waals surface area (Å²) in [5.41, 5.74) is 5.82. The summed E-state index contributed by atoms with van der Waals surface area (Å²) >= 11 is 0. The highest BCUT2D eigenvalue weighted by Crippen LogP contribution is 2.21. The van der Waals surface area contributed by atoms with Gasteiger partial charge in [-0.05, 0) is 32.9 Å². The molecule has 0 aliphatic heterocycles. The molecule has 1 heterocycles. The van der Waals surface area contributed by atoms with Crippen LogP contribution in [-0.2, 0) is 4.79 Å². The van der Waals surface area contributed by atoms with Gasteiger partial charge in [0.25, 0.3) is 0 Å². The van der Waals surface area contributed by atoms with E-state index in [2.05, 4.69) is 10.3 Å². The summed E-state index contributed by atoms with van der Waals surface area (Å²) in [7, 11) is 0. The van der Waals surface area contributed by atoms with Gasteiger partial charge in [0.1, 0.15) is 5.69 Å². The largest absolute Gasteiger partial charge is 0.476 e. The van der Waals surface area contributed by atoms with Gasteiger partial charge in [-0.1, -0.05) is 0 Å². The molecule has 1 aromatic heterocycles. The summed E-state index contributed by atoms with van der Waals surface area (Å²) in [6, 6.07) is 3.49. The molecule has 17 heavy (non-hydrogen) atoms. The maximum absolute atomic E-state index is 11.7. The lowest BCUT2D eigenvalue weighted by molar-refractivity contribution is -0.117. The second-order valence-electron chi connectivity index (χ2n) is 4.50. The average Bonchev–Trinajstić information content (AvgIpc) is 2.18. The van der Waals surface area contributed by atoms with Crippen LogP contribution >= 0.6 is 0 Å². The van der Waals surface area contributed by atoms with Crippen molar-refractivity contribution in [1.29, 1.82) is 0 Å². The molecule has 0 saturated carbocycles. The lowest BCUT2D eigenvalue weighted by atomic mass is 10.0. The maximum Gasteiger partial charge on any atom is 0.237 e. The van der Waals surface area contributed by atoms with E-state index < -0.39 is 5.54 Å². The number of ether oxygens (including phenoxy) is 1. The predicted molar refractivity (Wildman–Crippen MR) is 66.9 cm³/mol. The van der Waals surface area contributed by atoms with Crippen LogP contribution in [0.5, 0.6) is 5.88 Å². The highest BCUT2D eigenvalue weighted by Gasteiger charge is 2.17. The molecule has 0 aromatic carbocycles. The summed E-state index contributed by atoms with van der Waals surface area (Å²) < 4.78 is 5.31. The van der Waals surface area contributed by atoms with Gasteiger partial charge in [0, 0.05) is 18.2 Å². The highest BCUT2D eigenvalue weighted by molar-refractivity contribution is 5.92. The number of nitrogens with two attached hydrogens (primary N) is 1. The number of amides is 1. The fourth-order valence-electron chi connectivity index (χ4n) is 1.35. The van der Waals surface area contributed by atoms with Gasteiger partial charge in [-0.15, -0.1) is 0 Å². The van der Waals surface area contributed by atoms with E-state index in [4.69, 9.17) is 10.5 Å². The van der Waals surface area contributed by atoms with Crippen molar-refractivity contribution in [2.45, 2.75) is 32.7 Å². The highest BCUT2D eigenvalue weighted by atomic mass is 16.5. The molecular weight excluding hydrogens is 218 g/mol. The van der Waals surface area contributed by atoms with Crippen molar-refractivity contribution in [2.75, 3.05) is 11.9 Å². The van der Waals surface area contributed by atoms with Crippen molar-refractivity contribution in [3.8, 4) is 5.88 Å². The van der Waals surface area contributed by atoms with E-state index in [0.29, 0.717) is 18.2 Å². The zero-order chi connectivity index (χ0) is 12.9. The van der Waals surface area contributed by atoms with E-state index in [-0.39, 0.29) is 12.3 Å². The lowest BCUT2D eigenvalue weighted by Crippen LogP contribution is -2.36. The van der Waals surface area contributed by atoms with E-state index in [9.17, 15) is 4.79 Å². The third-order valence-corrected chi connectivity index (χ3v) is 1.94. The molecule has 1 rings (SSSR count). The molecule has 0 fully saturated rings. The molecular formula is C12H19N3O2. The third kappa shape index (κ3) is 4.82. The Morgan fingerprint density at radius 3 is 2.88 bits per heavy atom. The first-order valence-electron chi connectivity index (χ1n) is 5.59. The molecule has 0 unspecified atom stereocenters. The van der Waals surface area contributed by atoms with Crippen molar-refractivity contribution in [1.82, 2.24) is 4.98 Å². The number of aromatic nitrogens is 1. The molecule has 0 bridgehead atoms. The molecule has 94 valence electrons. The average molecular weight is 237 g/mol. The zero-order valence-corrected chi connectivity index (χ0v) is 10.5. The maximum atomic E-state index is 11.7. The molecule has 0 aliphatic rings.